The molecule has 2 aromatic rings. The average Bonchev–Trinajstić information content (AvgIpc) is 2.64. The highest BCUT2D eigenvalue weighted by Gasteiger charge is 2.17. The summed E-state index contributed by atoms with van der Waals surface area (Å²) in [6.07, 6.45) is 0.0846. The van der Waals surface area contributed by atoms with Gasteiger partial charge in [-0.1, -0.05) is 15.9 Å². The van der Waals surface area contributed by atoms with Crippen LogP contribution in [0.3, 0.4) is 0 Å². The SMILES string of the molecule is COc1cc(Br)c(CC(=O)N(C)CC(=O)Nc2ccc(F)cc2)cc1OC. The number of halogens is 2. The van der Waals surface area contributed by atoms with Crippen LogP contribution in [0.4, 0.5) is 10.1 Å². The van der Waals surface area contributed by atoms with Crippen LogP contribution in [0.15, 0.2) is 40.9 Å². The van der Waals surface area contributed by atoms with E-state index in [9.17, 15) is 14.0 Å². The molecule has 144 valence electrons. The smallest absolute Gasteiger partial charge is 0.243 e. The molecule has 0 aliphatic heterocycles. The van der Waals surface area contributed by atoms with Gasteiger partial charge < -0.3 is 19.7 Å². The van der Waals surface area contributed by atoms with Gasteiger partial charge in [-0.3, -0.25) is 9.59 Å². The van der Waals surface area contributed by atoms with Gasteiger partial charge in [-0.25, -0.2) is 4.39 Å². The fraction of sp³-hybridized carbons (Fsp3) is 0.263. The van der Waals surface area contributed by atoms with Crippen LogP contribution in [0.5, 0.6) is 11.5 Å². The molecule has 27 heavy (non-hydrogen) atoms. The van der Waals surface area contributed by atoms with E-state index in [0.29, 0.717) is 27.2 Å². The number of rotatable bonds is 7. The maximum absolute atomic E-state index is 12.9. The van der Waals surface area contributed by atoms with E-state index in [1.165, 1.54) is 43.4 Å². The van der Waals surface area contributed by atoms with Crippen molar-refractivity contribution in [3.05, 3.63) is 52.3 Å². The number of benzene rings is 2. The quantitative estimate of drug-likeness (QED) is 0.720. The molecule has 0 radical (unpaired) electrons. The lowest BCUT2D eigenvalue weighted by Gasteiger charge is -2.18. The number of hydrogen-bond acceptors (Lipinski definition) is 4. The number of amides is 2. The molecule has 2 rings (SSSR count). The summed E-state index contributed by atoms with van der Waals surface area (Å²) in [7, 11) is 4.59. The predicted octanol–water partition coefficient (Wildman–Crippen LogP) is 3.25. The standard InChI is InChI=1S/C19H20BrFN2O4/c1-23(11-18(24)22-14-6-4-13(21)5-7-14)19(25)9-12-8-16(26-2)17(27-3)10-15(12)20/h4-8,10H,9,11H2,1-3H3,(H,22,24). The van der Waals surface area contributed by atoms with E-state index in [1.54, 1.807) is 19.2 Å². The molecule has 0 heterocycles. The summed E-state index contributed by atoms with van der Waals surface area (Å²) in [5, 5.41) is 2.62. The van der Waals surface area contributed by atoms with Gasteiger partial charge in [0.15, 0.2) is 11.5 Å². The fourth-order valence-corrected chi connectivity index (χ4v) is 2.83. The molecule has 2 amide bonds. The molecular formula is C19H20BrFN2O4. The van der Waals surface area contributed by atoms with E-state index >= 15 is 0 Å². The molecule has 0 bridgehead atoms. The van der Waals surface area contributed by atoms with E-state index in [1.807, 2.05) is 0 Å². The van der Waals surface area contributed by atoms with Gasteiger partial charge in [-0.2, -0.15) is 0 Å². The van der Waals surface area contributed by atoms with Crippen LogP contribution in [0.1, 0.15) is 5.56 Å². The van der Waals surface area contributed by atoms with Crippen LogP contribution in [-0.2, 0) is 16.0 Å². The Labute approximate surface area is 165 Å². The molecule has 0 spiro atoms. The van der Waals surface area contributed by atoms with E-state index in [2.05, 4.69) is 21.2 Å². The van der Waals surface area contributed by atoms with E-state index < -0.39 is 0 Å². The Morgan fingerprint density at radius 3 is 2.30 bits per heavy atom. The first-order chi connectivity index (χ1) is 12.8. The fourth-order valence-electron chi connectivity index (χ4n) is 2.37. The Kier molecular flexibility index (Phi) is 7.18. The third-order valence-electron chi connectivity index (χ3n) is 3.83. The topological polar surface area (TPSA) is 67.9 Å². The lowest BCUT2D eigenvalue weighted by molar-refractivity contribution is -0.132. The Balaban J connectivity index is 1.99. The minimum Gasteiger partial charge on any atom is -0.493 e. The number of nitrogens with zero attached hydrogens (tertiary/aromatic N) is 1. The van der Waals surface area contributed by atoms with Crippen molar-refractivity contribution < 1.29 is 23.5 Å². The number of ether oxygens (including phenoxy) is 2. The average molecular weight is 439 g/mol. The number of hydrogen-bond donors (Lipinski definition) is 1. The van der Waals surface area contributed by atoms with Crippen molar-refractivity contribution in [3.63, 3.8) is 0 Å². The van der Waals surface area contributed by atoms with Crippen molar-refractivity contribution in [1.29, 1.82) is 0 Å². The van der Waals surface area contributed by atoms with Gasteiger partial charge >= 0.3 is 0 Å². The van der Waals surface area contributed by atoms with E-state index in [4.69, 9.17) is 9.47 Å². The molecule has 0 fully saturated rings. The maximum Gasteiger partial charge on any atom is 0.243 e. The van der Waals surface area contributed by atoms with Gasteiger partial charge in [0.25, 0.3) is 0 Å². The van der Waals surface area contributed by atoms with Crippen molar-refractivity contribution in [1.82, 2.24) is 4.90 Å². The lowest BCUT2D eigenvalue weighted by Crippen LogP contribution is -2.35. The second kappa shape index (κ2) is 9.36. The predicted molar refractivity (Wildman–Crippen MR) is 104 cm³/mol. The van der Waals surface area contributed by atoms with Crippen LogP contribution in [0, 0.1) is 5.82 Å². The van der Waals surface area contributed by atoms with Gasteiger partial charge in [0.1, 0.15) is 5.82 Å². The van der Waals surface area contributed by atoms with Gasteiger partial charge in [-0.05, 0) is 42.0 Å². The third-order valence-corrected chi connectivity index (χ3v) is 4.57. The number of likely N-dealkylation sites (N-methyl/N-ethyl adjacent to an activating group) is 1. The summed E-state index contributed by atoms with van der Waals surface area (Å²) in [5.41, 5.74) is 1.17. The summed E-state index contributed by atoms with van der Waals surface area (Å²) in [6, 6.07) is 8.85. The number of methoxy groups -OCH3 is 2. The van der Waals surface area contributed by atoms with E-state index in [-0.39, 0.29) is 30.6 Å². The molecule has 0 saturated heterocycles. The maximum atomic E-state index is 12.9. The number of anilines is 1. The van der Waals surface area contributed by atoms with Crippen molar-refractivity contribution in [3.8, 4) is 11.5 Å². The molecule has 0 saturated carbocycles. The summed E-state index contributed by atoms with van der Waals surface area (Å²) < 4.78 is 24.1. The molecule has 6 nitrogen and oxygen atoms in total. The van der Waals surface area contributed by atoms with E-state index in [0.717, 1.165) is 0 Å². The molecular weight excluding hydrogens is 419 g/mol. The zero-order chi connectivity index (χ0) is 20.0. The molecule has 2 aromatic carbocycles. The zero-order valence-corrected chi connectivity index (χ0v) is 16.8. The van der Waals surface area contributed by atoms with Crippen LogP contribution >= 0.6 is 15.9 Å². The molecule has 0 unspecified atom stereocenters. The zero-order valence-electron chi connectivity index (χ0n) is 15.2. The second-order valence-electron chi connectivity index (χ2n) is 5.78. The van der Waals surface area contributed by atoms with Crippen LogP contribution in [-0.4, -0.2) is 44.5 Å². The first kappa shape index (κ1) is 20.7. The Bertz CT molecular complexity index is 827. The van der Waals surface area contributed by atoms with Crippen LogP contribution in [0.25, 0.3) is 0 Å². The summed E-state index contributed by atoms with van der Waals surface area (Å²) >= 11 is 3.41. The van der Waals surface area contributed by atoms with Crippen molar-refractivity contribution in [2.45, 2.75) is 6.42 Å². The molecule has 0 aromatic heterocycles. The highest BCUT2D eigenvalue weighted by Crippen LogP contribution is 2.33. The first-order valence-corrected chi connectivity index (χ1v) is 8.83. The Morgan fingerprint density at radius 1 is 1.11 bits per heavy atom. The first-order valence-electron chi connectivity index (χ1n) is 8.03. The monoisotopic (exact) mass is 438 g/mol. The number of carbonyl (C=O) groups excluding carboxylic acids is 2. The summed E-state index contributed by atoms with van der Waals surface area (Å²) in [4.78, 5) is 25.8. The summed E-state index contributed by atoms with van der Waals surface area (Å²) in [6.45, 7) is -0.124. The van der Waals surface area contributed by atoms with Crippen LogP contribution < -0.4 is 14.8 Å². The van der Waals surface area contributed by atoms with Crippen molar-refractivity contribution in [2.24, 2.45) is 0 Å². The molecule has 1 N–H and O–H groups in total. The van der Waals surface area contributed by atoms with Crippen molar-refractivity contribution in [2.75, 3.05) is 33.1 Å². The van der Waals surface area contributed by atoms with Crippen LogP contribution in [0.2, 0.25) is 0 Å². The minimum atomic E-state index is -0.388. The number of carbonyl (C=O) groups is 2. The van der Waals surface area contributed by atoms with Gasteiger partial charge in [-0.15, -0.1) is 0 Å². The third kappa shape index (κ3) is 5.68. The largest absolute Gasteiger partial charge is 0.493 e. The highest BCUT2D eigenvalue weighted by molar-refractivity contribution is 9.10. The van der Waals surface area contributed by atoms with Gasteiger partial charge in [0.2, 0.25) is 11.8 Å². The van der Waals surface area contributed by atoms with Gasteiger partial charge in [0.05, 0.1) is 27.2 Å². The molecule has 0 aliphatic carbocycles. The highest BCUT2D eigenvalue weighted by atomic mass is 79.9. The summed E-state index contributed by atoms with van der Waals surface area (Å²) in [5.74, 6) is 0.0645. The molecule has 0 atom stereocenters. The van der Waals surface area contributed by atoms with Gasteiger partial charge in [0, 0.05) is 17.2 Å². The normalized spacial score (nSPS) is 10.3. The minimum absolute atomic E-state index is 0.0846. The molecule has 8 heteroatoms. The second-order valence-corrected chi connectivity index (χ2v) is 6.63. The lowest BCUT2D eigenvalue weighted by atomic mass is 10.1. The Morgan fingerprint density at radius 2 is 1.70 bits per heavy atom. The molecule has 0 aliphatic rings. The Hall–Kier alpha value is -2.61. The van der Waals surface area contributed by atoms with Crippen molar-refractivity contribution >= 4 is 33.4 Å². The number of nitrogens with one attached hydrogen (secondary N) is 1.